The van der Waals surface area contributed by atoms with Crippen molar-refractivity contribution in [1.82, 2.24) is 4.90 Å². The topological polar surface area (TPSA) is 29.5 Å². The van der Waals surface area contributed by atoms with E-state index >= 15 is 4.39 Å². The van der Waals surface area contributed by atoms with E-state index in [-0.39, 0.29) is 11.5 Å². The minimum atomic E-state index is -0.407. The van der Waals surface area contributed by atoms with Gasteiger partial charge in [-0.1, -0.05) is 6.42 Å². The van der Waals surface area contributed by atoms with Crippen molar-refractivity contribution < 1.29 is 13.9 Å². The van der Waals surface area contributed by atoms with Gasteiger partial charge in [0.25, 0.3) is 5.91 Å². The Morgan fingerprint density at radius 1 is 1.00 bits per heavy atom. The van der Waals surface area contributed by atoms with Gasteiger partial charge in [-0.2, -0.15) is 0 Å². The van der Waals surface area contributed by atoms with Gasteiger partial charge in [-0.3, -0.25) is 4.79 Å². The lowest BCUT2D eigenvalue weighted by molar-refractivity contribution is -0.0747. The number of nitrogens with zero attached hydrogens (tertiary/aromatic N) is 1. The molecule has 7 rings (SSSR count). The second-order valence-corrected chi connectivity index (χ2v) is 11.2. The van der Waals surface area contributed by atoms with Gasteiger partial charge in [-0.25, -0.2) is 4.39 Å². The molecule has 1 heterocycles. The SMILES string of the molecule is O=C(c1cc(C2CCC2)c(OCC23CC4CC(CC(C4)C2)C3)cc1F)N1CCCC1. The summed E-state index contributed by atoms with van der Waals surface area (Å²) in [6, 6.07) is 3.38. The lowest BCUT2D eigenvalue weighted by Crippen LogP contribution is -2.48. The van der Waals surface area contributed by atoms with Gasteiger partial charge in [0.15, 0.2) is 0 Å². The van der Waals surface area contributed by atoms with E-state index in [2.05, 4.69) is 0 Å². The predicted octanol–water partition coefficient (Wildman–Crippen LogP) is 5.92. The largest absolute Gasteiger partial charge is 0.493 e. The maximum Gasteiger partial charge on any atom is 0.256 e. The number of likely N-dealkylation sites (tertiary alicyclic amines) is 1. The summed E-state index contributed by atoms with van der Waals surface area (Å²) in [6.07, 6.45) is 13.7. The summed E-state index contributed by atoms with van der Waals surface area (Å²) >= 11 is 0. The van der Waals surface area contributed by atoms with E-state index in [1.54, 1.807) is 4.90 Å². The van der Waals surface area contributed by atoms with Crippen molar-refractivity contribution in [3.05, 3.63) is 29.1 Å². The van der Waals surface area contributed by atoms with E-state index in [1.807, 2.05) is 6.07 Å². The minimum Gasteiger partial charge on any atom is -0.493 e. The Morgan fingerprint density at radius 3 is 2.20 bits per heavy atom. The Morgan fingerprint density at radius 2 is 1.63 bits per heavy atom. The van der Waals surface area contributed by atoms with Crippen molar-refractivity contribution in [2.75, 3.05) is 19.7 Å². The third-order valence-electron chi connectivity index (χ3n) is 8.97. The molecule has 30 heavy (non-hydrogen) atoms. The summed E-state index contributed by atoms with van der Waals surface area (Å²) in [4.78, 5) is 14.7. The molecule has 0 aromatic heterocycles. The van der Waals surface area contributed by atoms with Crippen LogP contribution in [0.5, 0.6) is 5.75 Å². The summed E-state index contributed by atoms with van der Waals surface area (Å²) in [5, 5.41) is 0. The van der Waals surface area contributed by atoms with Gasteiger partial charge in [0.1, 0.15) is 11.6 Å². The van der Waals surface area contributed by atoms with Crippen LogP contribution in [0.4, 0.5) is 4.39 Å². The molecular formula is C26H34FNO2. The van der Waals surface area contributed by atoms with E-state index in [9.17, 15) is 4.79 Å². The fraction of sp³-hybridized carbons (Fsp3) is 0.731. The number of benzene rings is 1. The second-order valence-electron chi connectivity index (χ2n) is 11.2. The van der Waals surface area contributed by atoms with Crippen molar-refractivity contribution in [3.8, 4) is 5.75 Å². The van der Waals surface area contributed by atoms with E-state index in [1.165, 1.54) is 51.0 Å². The zero-order valence-electron chi connectivity index (χ0n) is 18.0. The first-order chi connectivity index (χ1) is 14.6. The van der Waals surface area contributed by atoms with Gasteiger partial charge in [0.2, 0.25) is 0 Å². The monoisotopic (exact) mass is 411 g/mol. The molecule has 1 aliphatic heterocycles. The molecule has 1 aromatic carbocycles. The highest BCUT2D eigenvalue weighted by atomic mass is 19.1. The van der Waals surface area contributed by atoms with Crippen LogP contribution in [0.15, 0.2) is 12.1 Å². The van der Waals surface area contributed by atoms with Crippen LogP contribution in [0.25, 0.3) is 0 Å². The molecule has 0 radical (unpaired) electrons. The highest BCUT2D eigenvalue weighted by Crippen LogP contribution is 2.60. The molecule has 0 unspecified atom stereocenters. The first-order valence-corrected chi connectivity index (χ1v) is 12.3. The van der Waals surface area contributed by atoms with E-state index in [0.29, 0.717) is 17.1 Å². The van der Waals surface area contributed by atoms with Crippen molar-refractivity contribution in [2.45, 2.75) is 76.5 Å². The van der Waals surface area contributed by atoms with Gasteiger partial charge in [0, 0.05) is 24.6 Å². The third-order valence-corrected chi connectivity index (χ3v) is 8.97. The summed E-state index contributed by atoms with van der Waals surface area (Å²) < 4.78 is 21.5. The molecule has 0 N–H and O–H groups in total. The molecule has 4 bridgehead atoms. The summed E-state index contributed by atoms with van der Waals surface area (Å²) in [5.74, 6) is 3.26. The lowest BCUT2D eigenvalue weighted by atomic mass is 9.50. The number of carbonyl (C=O) groups excluding carboxylic acids is 1. The minimum absolute atomic E-state index is 0.141. The number of ether oxygens (including phenoxy) is 1. The lowest BCUT2D eigenvalue weighted by Gasteiger charge is -2.56. The molecule has 1 saturated heterocycles. The fourth-order valence-electron chi connectivity index (χ4n) is 7.69. The number of hydrogen-bond acceptors (Lipinski definition) is 2. The third kappa shape index (κ3) is 3.26. The number of hydrogen-bond donors (Lipinski definition) is 0. The maximum atomic E-state index is 15.1. The van der Waals surface area contributed by atoms with Gasteiger partial charge >= 0.3 is 0 Å². The van der Waals surface area contributed by atoms with Gasteiger partial charge < -0.3 is 9.64 Å². The first kappa shape index (κ1) is 19.1. The highest BCUT2D eigenvalue weighted by molar-refractivity contribution is 5.95. The van der Waals surface area contributed by atoms with Crippen LogP contribution in [0, 0.1) is 29.0 Å². The van der Waals surface area contributed by atoms with Crippen molar-refractivity contribution in [1.29, 1.82) is 0 Å². The Bertz CT molecular complexity index is 804. The summed E-state index contributed by atoms with van der Waals surface area (Å²) in [6.45, 7) is 2.23. The normalized spacial score (nSPS) is 35.0. The van der Waals surface area contributed by atoms with Crippen LogP contribution in [-0.2, 0) is 0 Å². The quantitative estimate of drug-likeness (QED) is 0.601. The zero-order valence-corrected chi connectivity index (χ0v) is 18.0. The average molecular weight is 412 g/mol. The summed E-state index contributed by atoms with van der Waals surface area (Å²) in [7, 11) is 0. The Kier molecular flexibility index (Phi) is 4.62. The number of amides is 1. The molecular weight excluding hydrogens is 377 g/mol. The van der Waals surface area contributed by atoms with E-state index in [0.717, 1.165) is 68.7 Å². The van der Waals surface area contributed by atoms with Gasteiger partial charge in [-0.05, 0) is 99.5 Å². The Hall–Kier alpha value is -1.58. The van der Waals surface area contributed by atoms with E-state index in [4.69, 9.17) is 4.74 Å². The van der Waals surface area contributed by atoms with Crippen LogP contribution < -0.4 is 4.74 Å². The molecule has 5 aliphatic carbocycles. The zero-order chi connectivity index (χ0) is 20.3. The smallest absolute Gasteiger partial charge is 0.256 e. The number of rotatable bonds is 5. The van der Waals surface area contributed by atoms with E-state index < -0.39 is 5.82 Å². The first-order valence-electron chi connectivity index (χ1n) is 12.3. The number of carbonyl (C=O) groups is 1. The summed E-state index contributed by atoms with van der Waals surface area (Å²) in [5.41, 5.74) is 1.64. The molecule has 6 aliphatic rings. The predicted molar refractivity (Wildman–Crippen MR) is 114 cm³/mol. The molecule has 1 amide bonds. The van der Waals surface area contributed by atoms with Crippen LogP contribution in [0.1, 0.15) is 92.5 Å². The van der Waals surface area contributed by atoms with Crippen LogP contribution in [0.2, 0.25) is 0 Å². The average Bonchev–Trinajstić information content (AvgIpc) is 3.20. The number of halogens is 1. The van der Waals surface area contributed by atoms with Gasteiger partial charge in [0.05, 0.1) is 12.2 Å². The Labute approximate surface area is 179 Å². The molecule has 6 fully saturated rings. The molecule has 5 saturated carbocycles. The van der Waals surface area contributed by atoms with Gasteiger partial charge in [-0.15, -0.1) is 0 Å². The maximum absolute atomic E-state index is 15.1. The second kappa shape index (κ2) is 7.24. The molecule has 4 heteroatoms. The fourth-order valence-corrected chi connectivity index (χ4v) is 7.69. The van der Waals surface area contributed by atoms with Crippen molar-refractivity contribution in [3.63, 3.8) is 0 Å². The van der Waals surface area contributed by atoms with Crippen molar-refractivity contribution >= 4 is 5.91 Å². The molecule has 0 atom stereocenters. The standard InChI is InChI=1S/C26H34FNO2/c27-23-12-24(30-16-26-13-17-8-18(14-26)10-19(9-17)15-26)21(20-4-3-5-20)11-22(23)25(29)28-6-1-2-7-28/h11-12,17-20H,1-10,13-16H2. The molecule has 3 nitrogen and oxygen atoms in total. The Balaban J connectivity index is 1.25. The van der Waals surface area contributed by atoms with Crippen molar-refractivity contribution in [2.24, 2.45) is 23.2 Å². The van der Waals surface area contributed by atoms with Crippen LogP contribution in [-0.4, -0.2) is 30.5 Å². The molecule has 162 valence electrons. The molecule has 1 aromatic rings. The molecule has 0 spiro atoms. The van der Waals surface area contributed by atoms with Crippen LogP contribution >= 0.6 is 0 Å². The highest BCUT2D eigenvalue weighted by Gasteiger charge is 2.51. The van der Waals surface area contributed by atoms with Crippen LogP contribution in [0.3, 0.4) is 0 Å².